The maximum Gasteiger partial charge on any atom is 0.389 e. The van der Waals surface area contributed by atoms with Crippen LogP contribution < -0.4 is 5.32 Å². The number of halogens is 3. The van der Waals surface area contributed by atoms with Gasteiger partial charge < -0.3 is 15.0 Å². The number of H-pyrrole nitrogens is 1. The Morgan fingerprint density at radius 3 is 2.88 bits per heavy atom. The van der Waals surface area contributed by atoms with E-state index in [1.807, 2.05) is 12.1 Å². The zero-order valence-electron chi connectivity index (χ0n) is 17.5. The second-order valence-electron chi connectivity index (χ2n) is 8.03. The number of hydrogen-bond acceptors (Lipinski definition) is 5. The van der Waals surface area contributed by atoms with Gasteiger partial charge in [0.1, 0.15) is 11.5 Å². The van der Waals surface area contributed by atoms with Crippen LogP contribution in [0, 0.1) is 0 Å². The van der Waals surface area contributed by atoms with E-state index in [0.717, 1.165) is 24.0 Å². The summed E-state index contributed by atoms with van der Waals surface area (Å²) >= 11 is 0. The fourth-order valence-electron chi connectivity index (χ4n) is 3.98. The maximum absolute atomic E-state index is 12.9. The highest BCUT2D eigenvalue weighted by molar-refractivity contribution is 6.02. The van der Waals surface area contributed by atoms with E-state index in [9.17, 15) is 18.0 Å². The standard InChI is InChI=1S/C22H21F3N6O2/c23-22(24,25)5-1-19-26-11-16-15(10-27-20(16)30-19)13-2-6-31-18(9-13)17(12-28-31)21(32)29-14-3-7-33-8-4-14/h2,6,9-12,14H,1,3-5,7-8H2,(H,29,32)(H,26,27,30). The Morgan fingerprint density at radius 2 is 2.09 bits per heavy atom. The summed E-state index contributed by atoms with van der Waals surface area (Å²) < 4.78 is 44.5. The van der Waals surface area contributed by atoms with Crippen LogP contribution in [0.15, 0.2) is 36.9 Å². The first-order valence-corrected chi connectivity index (χ1v) is 10.6. The zero-order chi connectivity index (χ0) is 23.0. The lowest BCUT2D eigenvalue weighted by Gasteiger charge is -2.22. The number of rotatable bonds is 5. The molecule has 1 aliphatic rings. The van der Waals surface area contributed by atoms with E-state index < -0.39 is 12.6 Å². The molecule has 172 valence electrons. The Hall–Kier alpha value is -3.47. The van der Waals surface area contributed by atoms with Crippen LogP contribution in [-0.4, -0.2) is 55.9 Å². The second-order valence-corrected chi connectivity index (χ2v) is 8.03. The Bertz CT molecular complexity index is 1310. The number of fused-ring (bicyclic) bond motifs is 2. The Morgan fingerprint density at radius 1 is 1.27 bits per heavy atom. The molecule has 0 spiro atoms. The van der Waals surface area contributed by atoms with E-state index in [1.165, 1.54) is 6.20 Å². The number of carbonyl (C=O) groups excluding carboxylic acids is 1. The summed E-state index contributed by atoms with van der Waals surface area (Å²) in [5.74, 6) is -0.0582. The molecule has 5 rings (SSSR count). The molecule has 1 fully saturated rings. The van der Waals surface area contributed by atoms with Crippen LogP contribution in [-0.2, 0) is 11.2 Å². The van der Waals surface area contributed by atoms with E-state index in [0.29, 0.717) is 35.3 Å². The molecule has 0 unspecified atom stereocenters. The minimum atomic E-state index is -4.26. The fraction of sp³-hybridized carbons (Fsp3) is 0.364. The van der Waals surface area contributed by atoms with Gasteiger partial charge >= 0.3 is 6.18 Å². The van der Waals surface area contributed by atoms with Crippen molar-refractivity contribution in [2.45, 2.75) is 37.9 Å². The van der Waals surface area contributed by atoms with Crippen molar-refractivity contribution in [2.75, 3.05) is 13.2 Å². The molecule has 1 saturated heterocycles. The van der Waals surface area contributed by atoms with E-state index in [2.05, 4.69) is 25.4 Å². The predicted octanol–water partition coefficient (Wildman–Crippen LogP) is 3.68. The van der Waals surface area contributed by atoms with Crippen LogP contribution in [0.3, 0.4) is 0 Å². The lowest BCUT2D eigenvalue weighted by Crippen LogP contribution is -2.38. The van der Waals surface area contributed by atoms with Crippen LogP contribution in [0.1, 0.15) is 35.4 Å². The molecule has 0 aromatic carbocycles. The van der Waals surface area contributed by atoms with Gasteiger partial charge in [-0.05, 0) is 30.5 Å². The first-order valence-electron chi connectivity index (χ1n) is 10.6. The average molecular weight is 458 g/mol. The fourth-order valence-corrected chi connectivity index (χ4v) is 3.98. The molecule has 1 amide bonds. The average Bonchev–Trinajstić information content (AvgIpc) is 3.41. The SMILES string of the molecule is O=C(NC1CCOCC1)c1cnn2ccc(-c3c[nH]c4nc(CCC(F)(F)F)ncc34)cc12. The van der Waals surface area contributed by atoms with Crippen LogP contribution >= 0.6 is 0 Å². The monoisotopic (exact) mass is 458 g/mol. The molecule has 5 heterocycles. The van der Waals surface area contributed by atoms with Gasteiger partial charge in [-0.15, -0.1) is 0 Å². The molecule has 4 aromatic rings. The minimum Gasteiger partial charge on any atom is -0.381 e. The van der Waals surface area contributed by atoms with Gasteiger partial charge in [-0.1, -0.05) is 0 Å². The number of aromatic amines is 1. The zero-order valence-corrected chi connectivity index (χ0v) is 17.5. The molecule has 1 aliphatic heterocycles. The molecule has 0 radical (unpaired) electrons. The van der Waals surface area contributed by atoms with Crippen molar-refractivity contribution < 1.29 is 22.7 Å². The topological polar surface area (TPSA) is 97.2 Å². The number of nitrogens with zero attached hydrogens (tertiary/aromatic N) is 4. The molecule has 4 aromatic heterocycles. The second kappa shape index (κ2) is 8.47. The van der Waals surface area contributed by atoms with E-state index in [-0.39, 0.29) is 24.2 Å². The van der Waals surface area contributed by atoms with Crippen molar-refractivity contribution in [1.29, 1.82) is 0 Å². The Balaban J connectivity index is 1.42. The van der Waals surface area contributed by atoms with Gasteiger partial charge in [-0.2, -0.15) is 18.3 Å². The van der Waals surface area contributed by atoms with Gasteiger partial charge in [0, 0.05) is 55.2 Å². The number of amides is 1. The third kappa shape index (κ3) is 4.54. The van der Waals surface area contributed by atoms with Gasteiger partial charge in [0.25, 0.3) is 5.91 Å². The third-order valence-electron chi connectivity index (χ3n) is 5.75. The normalized spacial score (nSPS) is 15.4. The molecule has 0 atom stereocenters. The molecule has 0 bridgehead atoms. The summed E-state index contributed by atoms with van der Waals surface area (Å²) in [5.41, 5.74) is 3.17. The highest BCUT2D eigenvalue weighted by Crippen LogP contribution is 2.29. The Kier molecular flexibility index (Phi) is 5.49. The lowest BCUT2D eigenvalue weighted by molar-refractivity contribution is -0.134. The molecule has 0 saturated carbocycles. The number of alkyl halides is 3. The molecule has 33 heavy (non-hydrogen) atoms. The highest BCUT2D eigenvalue weighted by Gasteiger charge is 2.27. The number of aromatic nitrogens is 5. The molecular formula is C22H21F3N6O2. The smallest absolute Gasteiger partial charge is 0.381 e. The quantitative estimate of drug-likeness (QED) is 0.476. The van der Waals surface area contributed by atoms with Crippen molar-refractivity contribution >= 4 is 22.5 Å². The van der Waals surface area contributed by atoms with Crippen LogP contribution in [0.2, 0.25) is 0 Å². The number of hydrogen-bond donors (Lipinski definition) is 2. The minimum absolute atomic E-state index is 0.0710. The van der Waals surface area contributed by atoms with Crippen molar-refractivity contribution in [1.82, 2.24) is 29.9 Å². The molecule has 0 aliphatic carbocycles. The molecular weight excluding hydrogens is 437 g/mol. The van der Waals surface area contributed by atoms with Crippen molar-refractivity contribution in [3.05, 3.63) is 48.3 Å². The van der Waals surface area contributed by atoms with Gasteiger partial charge in [-0.25, -0.2) is 14.5 Å². The summed E-state index contributed by atoms with van der Waals surface area (Å²) in [6.07, 6.45) is 2.61. The number of pyridine rings is 1. The van der Waals surface area contributed by atoms with Gasteiger partial charge in [0.15, 0.2) is 0 Å². The highest BCUT2D eigenvalue weighted by atomic mass is 19.4. The largest absolute Gasteiger partial charge is 0.389 e. The number of ether oxygens (including phenoxy) is 1. The van der Waals surface area contributed by atoms with E-state index in [1.54, 1.807) is 23.1 Å². The van der Waals surface area contributed by atoms with Crippen molar-refractivity contribution in [2.24, 2.45) is 0 Å². The number of carbonyl (C=O) groups is 1. The number of aryl methyl sites for hydroxylation is 1. The van der Waals surface area contributed by atoms with E-state index >= 15 is 0 Å². The van der Waals surface area contributed by atoms with E-state index in [4.69, 9.17) is 4.74 Å². The summed E-state index contributed by atoms with van der Waals surface area (Å²) in [6, 6.07) is 3.77. The number of nitrogens with one attached hydrogen (secondary N) is 2. The summed E-state index contributed by atoms with van der Waals surface area (Å²) in [6.45, 7) is 1.26. The van der Waals surface area contributed by atoms with Gasteiger partial charge in [0.2, 0.25) is 0 Å². The Labute approximate surface area is 186 Å². The summed E-state index contributed by atoms with van der Waals surface area (Å²) in [4.78, 5) is 24.2. The van der Waals surface area contributed by atoms with Gasteiger partial charge in [-0.3, -0.25) is 4.79 Å². The van der Waals surface area contributed by atoms with Crippen LogP contribution in [0.4, 0.5) is 13.2 Å². The summed E-state index contributed by atoms with van der Waals surface area (Å²) in [5, 5.41) is 8.01. The van der Waals surface area contributed by atoms with Crippen LogP contribution in [0.5, 0.6) is 0 Å². The first kappa shape index (κ1) is 21.4. The van der Waals surface area contributed by atoms with Crippen LogP contribution in [0.25, 0.3) is 27.7 Å². The first-order chi connectivity index (χ1) is 15.9. The molecule has 2 N–H and O–H groups in total. The third-order valence-corrected chi connectivity index (χ3v) is 5.75. The summed E-state index contributed by atoms with van der Waals surface area (Å²) in [7, 11) is 0. The maximum atomic E-state index is 12.9. The van der Waals surface area contributed by atoms with Crippen molar-refractivity contribution in [3.63, 3.8) is 0 Å². The predicted molar refractivity (Wildman–Crippen MR) is 114 cm³/mol. The van der Waals surface area contributed by atoms with Gasteiger partial charge in [0.05, 0.1) is 23.7 Å². The molecule has 8 nitrogen and oxygen atoms in total. The van der Waals surface area contributed by atoms with Crippen molar-refractivity contribution in [3.8, 4) is 11.1 Å². The lowest BCUT2D eigenvalue weighted by atomic mass is 10.1. The molecule has 11 heteroatoms.